The highest BCUT2D eigenvalue weighted by Crippen LogP contribution is 2.30. The number of nitrogens with zero attached hydrogens (tertiary/aromatic N) is 6. The third-order valence-corrected chi connectivity index (χ3v) is 7.21. The third kappa shape index (κ3) is 4.54. The van der Waals surface area contributed by atoms with Crippen LogP contribution in [0.2, 0.25) is 0 Å². The van der Waals surface area contributed by atoms with E-state index in [1.165, 1.54) is 5.56 Å². The van der Waals surface area contributed by atoms with Crippen LogP contribution in [-0.4, -0.2) is 40.4 Å². The zero-order chi connectivity index (χ0) is 25.2. The van der Waals surface area contributed by atoms with Crippen molar-refractivity contribution < 1.29 is 0 Å². The largest absolute Gasteiger partial charge is 0.319 e. The number of nitrogens with one attached hydrogen (secondary N) is 2. The molecule has 0 atom stereocenters. The van der Waals surface area contributed by atoms with E-state index in [9.17, 15) is 4.79 Å². The second-order valence-electron chi connectivity index (χ2n) is 8.55. The highest BCUT2D eigenvalue weighted by atomic mass is 32.2. The number of aromatic nitrogens is 8. The average Bonchev–Trinajstić information content (AvgIpc) is 3.59. The van der Waals surface area contributed by atoms with Crippen molar-refractivity contribution in [2.75, 3.05) is 0 Å². The Morgan fingerprint density at radius 2 is 1.62 bits per heavy atom. The summed E-state index contributed by atoms with van der Waals surface area (Å²) in [6.07, 6.45) is 0. The minimum absolute atomic E-state index is 0.245. The van der Waals surface area contributed by atoms with Crippen molar-refractivity contribution in [3.8, 4) is 22.5 Å². The Bertz CT molecular complexity index is 1720. The van der Waals surface area contributed by atoms with Crippen molar-refractivity contribution in [3.63, 3.8) is 0 Å². The van der Waals surface area contributed by atoms with Gasteiger partial charge in [-0.05, 0) is 34.4 Å². The smallest absolute Gasteiger partial charge is 0.290 e. The molecule has 0 radical (unpaired) electrons. The van der Waals surface area contributed by atoms with Gasteiger partial charge in [0.2, 0.25) is 5.82 Å². The standard InChI is InChI=1S/C27H22N8OS/c1-17-28-23-24(26(36)31-32-27(23)37-16-19-7-3-2-4-8-19)35(17)15-18-11-13-20(14-12-18)21-9-5-6-10-22(21)25-29-33-34-30-25/h2-14H,15-16H2,1H3,(H,31,36)(H,29,30,33,34). The van der Waals surface area contributed by atoms with E-state index in [4.69, 9.17) is 4.98 Å². The van der Waals surface area contributed by atoms with Crippen molar-refractivity contribution in [2.45, 2.75) is 24.2 Å². The normalized spacial score (nSPS) is 11.3. The van der Waals surface area contributed by atoms with Crippen molar-refractivity contribution in [2.24, 2.45) is 0 Å². The summed E-state index contributed by atoms with van der Waals surface area (Å²) in [5, 5.41) is 22.1. The highest BCUT2D eigenvalue weighted by Gasteiger charge is 2.17. The van der Waals surface area contributed by atoms with Crippen molar-refractivity contribution in [1.29, 1.82) is 0 Å². The van der Waals surface area contributed by atoms with Gasteiger partial charge in [0.1, 0.15) is 21.9 Å². The molecule has 0 spiro atoms. The van der Waals surface area contributed by atoms with Crippen LogP contribution >= 0.6 is 11.8 Å². The Kier molecular flexibility index (Phi) is 6.07. The molecule has 0 saturated heterocycles. The third-order valence-electron chi connectivity index (χ3n) is 6.17. The van der Waals surface area contributed by atoms with Gasteiger partial charge < -0.3 is 4.57 Å². The minimum atomic E-state index is -0.245. The van der Waals surface area contributed by atoms with E-state index >= 15 is 0 Å². The summed E-state index contributed by atoms with van der Waals surface area (Å²) in [5.74, 6) is 2.06. The fourth-order valence-corrected chi connectivity index (χ4v) is 5.23. The molecule has 37 heavy (non-hydrogen) atoms. The first-order valence-corrected chi connectivity index (χ1v) is 12.7. The van der Waals surface area contributed by atoms with Crippen LogP contribution in [0, 0.1) is 6.92 Å². The number of rotatable bonds is 7. The van der Waals surface area contributed by atoms with Crippen LogP contribution in [-0.2, 0) is 12.3 Å². The molecule has 0 amide bonds. The van der Waals surface area contributed by atoms with Crippen LogP contribution in [0.5, 0.6) is 0 Å². The van der Waals surface area contributed by atoms with Gasteiger partial charge in [-0.1, -0.05) is 90.6 Å². The number of tetrazole rings is 1. The topological polar surface area (TPSA) is 118 Å². The zero-order valence-electron chi connectivity index (χ0n) is 19.9. The lowest BCUT2D eigenvalue weighted by atomic mass is 9.98. The van der Waals surface area contributed by atoms with Crippen LogP contribution in [0.15, 0.2) is 88.7 Å². The van der Waals surface area contributed by atoms with Gasteiger partial charge in [-0.25, -0.2) is 10.1 Å². The number of hydrogen-bond donors (Lipinski definition) is 2. The van der Waals surface area contributed by atoms with Gasteiger partial charge in [-0.15, -0.1) is 10.2 Å². The Morgan fingerprint density at radius 1 is 0.865 bits per heavy atom. The first kappa shape index (κ1) is 22.9. The molecule has 0 fully saturated rings. The summed E-state index contributed by atoms with van der Waals surface area (Å²) in [7, 11) is 0. The van der Waals surface area contributed by atoms with Gasteiger partial charge in [0.05, 0.1) is 0 Å². The highest BCUT2D eigenvalue weighted by molar-refractivity contribution is 7.98. The molecule has 3 aromatic heterocycles. The number of fused-ring (bicyclic) bond motifs is 1. The van der Waals surface area contributed by atoms with Gasteiger partial charge in [-0.2, -0.15) is 10.3 Å². The monoisotopic (exact) mass is 506 g/mol. The minimum Gasteiger partial charge on any atom is -0.319 e. The van der Waals surface area contributed by atoms with Crippen LogP contribution in [0.1, 0.15) is 17.0 Å². The van der Waals surface area contributed by atoms with Crippen LogP contribution in [0.4, 0.5) is 0 Å². The number of imidazole rings is 1. The Morgan fingerprint density at radius 3 is 2.38 bits per heavy atom. The maximum Gasteiger partial charge on any atom is 0.290 e. The van der Waals surface area contributed by atoms with Crippen LogP contribution in [0.25, 0.3) is 33.5 Å². The number of aryl methyl sites for hydroxylation is 1. The molecule has 0 aliphatic rings. The average molecular weight is 507 g/mol. The molecule has 182 valence electrons. The van der Waals surface area contributed by atoms with Crippen molar-refractivity contribution >= 4 is 22.8 Å². The Balaban J connectivity index is 1.29. The van der Waals surface area contributed by atoms with Gasteiger partial charge in [0.25, 0.3) is 5.56 Å². The summed E-state index contributed by atoms with van der Waals surface area (Å²) in [4.78, 5) is 17.5. The van der Waals surface area contributed by atoms with E-state index in [0.29, 0.717) is 28.4 Å². The summed E-state index contributed by atoms with van der Waals surface area (Å²) < 4.78 is 1.95. The molecule has 0 unspecified atom stereocenters. The maximum absolute atomic E-state index is 12.8. The van der Waals surface area contributed by atoms with E-state index in [2.05, 4.69) is 67.2 Å². The lowest BCUT2D eigenvalue weighted by molar-refractivity contribution is 0.779. The lowest BCUT2D eigenvalue weighted by Gasteiger charge is -2.10. The first-order valence-electron chi connectivity index (χ1n) is 11.7. The second-order valence-corrected chi connectivity index (χ2v) is 9.52. The predicted octanol–water partition coefficient (Wildman–Crippen LogP) is 4.62. The van der Waals surface area contributed by atoms with Crippen molar-refractivity contribution in [3.05, 3.63) is 106 Å². The molecule has 6 rings (SSSR count). The fourth-order valence-electron chi connectivity index (χ4n) is 4.35. The molecule has 0 aliphatic heterocycles. The molecule has 9 nitrogen and oxygen atoms in total. The SMILES string of the molecule is Cc1nc2c(SCc3ccccc3)n[nH]c(=O)c2n1Cc1ccc(-c2ccccc2-c2nn[nH]n2)cc1. The lowest BCUT2D eigenvalue weighted by Crippen LogP contribution is -2.14. The number of hydrogen-bond acceptors (Lipinski definition) is 7. The molecular formula is C27H22N8OS. The summed E-state index contributed by atoms with van der Waals surface area (Å²) in [6, 6.07) is 26.4. The summed E-state index contributed by atoms with van der Waals surface area (Å²) in [6.45, 7) is 2.44. The molecule has 0 aliphatic carbocycles. The van der Waals surface area contributed by atoms with E-state index in [1.807, 2.05) is 54.0 Å². The van der Waals surface area contributed by atoms with E-state index < -0.39 is 0 Å². The molecule has 0 saturated carbocycles. The van der Waals surface area contributed by atoms with Crippen LogP contribution in [0.3, 0.4) is 0 Å². The Labute approximate surface area is 216 Å². The zero-order valence-corrected chi connectivity index (χ0v) is 20.7. The Hall–Kier alpha value is -4.57. The molecule has 0 bridgehead atoms. The maximum atomic E-state index is 12.8. The summed E-state index contributed by atoms with van der Waals surface area (Å²) >= 11 is 1.57. The number of aromatic amines is 2. The van der Waals surface area contributed by atoms with Gasteiger partial charge in [-0.3, -0.25) is 4.79 Å². The molecular weight excluding hydrogens is 484 g/mol. The summed E-state index contributed by atoms with van der Waals surface area (Å²) in [5.41, 5.74) is 6.12. The quantitative estimate of drug-likeness (QED) is 0.303. The molecule has 3 aromatic carbocycles. The number of benzene rings is 3. The predicted molar refractivity (Wildman–Crippen MR) is 143 cm³/mol. The number of thioether (sulfide) groups is 1. The van der Waals surface area contributed by atoms with Crippen LogP contribution < -0.4 is 5.56 Å². The fraction of sp³-hybridized carbons (Fsp3) is 0.111. The van der Waals surface area contributed by atoms with Gasteiger partial charge in [0.15, 0.2) is 0 Å². The van der Waals surface area contributed by atoms with E-state index in [1.54, 1.807) is 11.8 Å². The van der Waals surface area contributed by atoms with Gasteiger partial charge >= 0.3 is 0 Å². The second kappa shape index (κ2) is 9.82. The molecule has 10 heteroatoms. The molecule has 2 N–H and O–H groups in total. The van der Waals surface area contributed by atoms with E-state index in [-0.39, 0.29) is 5.56 Å². The number of H-pyrrole nitrogens is 2. The first-order chi connectivity index (χ1) is 18.2. The molecule has 3 heterocycles. The van der Waals surface area contributed by atoms with Gasteiger partial charge in [0, 0.05) is 17.9 Å². The van der Waals surface area contributed by atoms with Crippen molar-refractivity contribution in [1.82, 2.24) is 40.4 Å². The van der Waals surface area contributed by atoms with E-state index in [0.717, 1.165) is 33.8 Å². The molecule has 6 aromatic rings.